The highest BCUT2D eigenvalue weighted by atomic mass is 16.5. The molecule has 0 amide bonds. The highest BCUT2D eigenvalue weighted by molar-refractivity contribution is 5.96. The summed E-state index contributed by atoms with van der Waals surface area (Å²) in [5, 5.41) is 10.0. The van der Waals surface area contributed by atoms with Crippen LogP contribution in [0.4, 0.5) is 0 Å². The van der Waals surface area contributed by atoms with Crippen LogP contribution in [0.15, 0.2) is 18.2 Å². The zero-order valence-corrected chi connectivity index (χ0v) is 9.44. The molecule has 0 aliphatic rings. The van der Waals surface area contributed by atoms with Crippen LogP contribution in [0, 0.1) is 13.8 Å². The molecule has 0 unspecified atom stereocenters. The van der Waals surface area contributed by atoms with Crippen LogP contribution in [-0.2, 0) is 4.74 Å². The molecule has 82 valence electrons. The van der Waals surface area contributed by atoms with Gasteiger partial charge in [-0.05, 0) is 26.0 Å². The molecule has 16 heavy (non-hydrogen) atoms. The maximum absolute atomic E-state index is 11.4. The second kappa shape index (κ2) is 3.89. The Morgan fingerprint density at radius 3 is 2.38 bits per heavy atom. The molecule has 0 saturated carbocycles. The number of benzene rings is 1. The molecule has 0 N–H and O–H groups in total. The molecule has 4 heteroatoms. The fourth-order valence-electron chi connectivity index (χ4n) is 1.66. The molecule has 0 radical (unpaired) electrons. The molecule has 0 bridgehead atoms. The van der Waals surface area contributed by atoms with Crippen molar-refractivity contribution in [2.45, 2.75) is 13.8 Å². The highest BCUT2D eigenvalue weighted by Crippen LogP contribution is 2.20. The number of rotatable bonds is 1. The number of methoxy groups -OCH3 is 1. The van der Waals surface area contributed by atoms with Crippen LogP contribution in [0.25, 0.3) is 10.8 Å². The monoisotopic (exact) mass is 216 g/mol. The van der Waals surface area contributed by atoms with Gasteiger partial charge in [0.1, 0.15) is 0 Å². The van der Waals surface area contributed by atoms with Crippen molar-refractivity contribution < 1.29 is 9.53 Å². The van der Waals surface area contributed by atoms with Gasteiger partial charge in [-0.2, -0.15) is 10.2 Å². The smallest absolute Gasteiger partial charge is 0.337 e. The second-order valence-corrected chi connectivity index (χ2v) is 3.62. The van der Waals surface area contributed by atoms with Crippen molar-refractivity contribution in [3.05, 3.63) is 35.2 Å². The number of hydrogen-bond acceptors (Lipinski definition) is 4. The van der Waals surface area contributed by atoms with Gasteiger partial charge in [0.05, 0.1) is 24.1 Å². The summed E-state index contributed by atoms with van der Waals surface area (Å²) >= 11 is 0. The number of carbonyl (C=O) groups is 1. The van der Waals surface area contributed by atoms with E-state index < -0.39 is 0 Å². The van der Waals surface area contributed by atoms with Gasteiger partial charge in [-0.3, -0.25) is 0 Å². The first-order chi connectivity index (χ1) is 7.63. The highest BCUT2D eigenvalue weighted by Gasteiger charge is 2.09. The van der Waals surface area contributed by atoms with Crippen molar-refractivity contribution in [3.63, 3.8) is 0 Å². The maximum atomic E-state index is 11.4. The Morgan fingerprint density at radius 1 is 1.12 bits per heavy atom. The Hall–Kier alpha value is -1.97. The first-order valence-electron chi connectivity index (χ1n) is 4.95. The van der Waals surface area contributed by atoms with E-state index in [9.17, 15) is 4.79 Å². The Balaban J connectivity index is 2.70. The predicted octanol–water partition coefficient (Wildman–Crippen LogP) is 2.03. The van der Waals surface area contributed by atoms with Gasteiger partial charge in [-0.15, -0.1) is 0 Å². The lowest BCUT2D eigenvalue weighted by molar-refractivity contribution is 0.0601. The lowest BCUT2D eigenvalue weighted by Gasteiger charge is -2.05. The number of carbonyl (C=O) groups excluding carboxylic acids is 1. The molecular formula is C12H12N2O2. The molecule has 0 spiro atoms. The Labute approximate surface area is 93.3 Å². The van der Waals surface area contributed by atoms with Gasteiger partial charge in [0.25, 0.3) is 0 Å². The summed E-state index contributed by atoms with van der Waals surface area (Å²) in [7, 11) is 1.37. The van der Waals surface area contributed by atoms with E-state index in [1.54, 1.807) is 12.1 Å². The fraction of sp³-hybridized carbons (Fsp3) is 0.250. The summed E-state index contributed by atoms with van der Waals surface area (Å²) in [5.41, 5.74) is 2.20. The van der Waals surface area contributed by atoms with Crippen LogP contribution < -0.4 is 0 Å². The van der Waals surface area contributed by atoms with Gasteiger partial charge >= 0.3 is 5.97 Å². The van der Waals surface area contributed by atoms with Crippen molar-refractivity contribution in [1.82, 2.24) is 10.2 Å². The molecule has 0 fully saturated rings. The molecule has 2 aromatic rings. The minimum Gasteiger partial charge on any atom is -0.465 e. The number of esters is 1. The topological polar surface area (TPSA) is 52.1 Å². The fourth-order valence-corrected chi connectivity index (χ4v) is 1.66. The minimum absolute atomic E-state index is 0.337. The summed E-state index contributed by atoms with van der Waals surface area (Å²) in [6, 6.07) is 5.40. The van der Waals surface area contributed by atoms with Gasteiger partial charge in [0, 0.05) is 10.8 Å². The van der Waals surface area contributed by atoms with Crippen LogP contribution in [0.5, 0.6) is 0 Å². The first-order valence-corrected chi connectivity index (χ1v) is 4.95. The van der Waals surface area contributed by atoms with Crippen LogP contribution in [-0.4, -0.2) is 23.3 Å². The minimum atomic E-state index is -0.337. The third-order valence-corrected chi connectivity index (χ3v) is 2.57. The average Bonchev–Trinajstić information content (AvgIpc) is 2.32. The summed E-state index contributed by atoms with van der Waals surface area (Å²) in [6.07, 6.45) is 0. The lowest BCUT2D eigenvalue weighted by Crippen LogP contribution is -2.02. The number of nitrogens with zero attached hydrogens (tertiary/aromatic N) is 2. The summed E-state index contributed by atoms with van der Waals surface area (Å²) < 4.78 is 4.68. The summed E-state index contributed by atoms with van der Waals surface area (Å²) in [4.78, 5) is 11.4. The van der Waals surface area contributed by atoms with Gasteiger partial charge in [-0.25, -0.2) is 4.79 Å². The molecule has 2 rings (SSSR count). The third kappa shape index (κ3) is 1.62. The van der Waals surface area contributed by atoms with Crippen molar-refractivity contribution >= 4 is 16.7 Å². The van der Waals surface area contributed by atoms with E-state index in [0.717, 1.165) is 22.2 Å². The zero-order chi connectivity index (χ0) is 11.7. The largest absolute Gasteiger partial charge is 0.465 e. The normalized spacial score (nSPS) is 10.4. The van der Waals surface area contributed by atoms with E-state index in [0.29, 0.717) is 5.56 Å². The second-order valence-electron chi connectivity index (χ2n) is 3.62. The van der Waals surface area contributed by atoms with Gasteiger partial charge in [0.15, 0.2) is 0 Å². The quantitative estimate of drug-likeness (QED) is 0.684. The average molecular weight is 216 g/mol. The van der Waals surface area contributed by atoms with Crippen LogP contribution in [0.2, 0.25) is 0 Å². The van der Waals surface area contributed by atoms with Gasteiger partial charge in [-0.1, -0.05) is 6.07 Å². The molecule has 0 atom stereocenters. The molecule has 0 saturated heterocycles. The first kappa shape index (κ1) is 10.5. The zero-order valence-electron chi connectivity index (χ0n) is 9.44. The van der Waals surface area contributed by atoms with Crippen molar-refractivity contribution in [3.8, 4) is 0 Å². The predicted molar refractivity (Wildman–Crippen MR) is 60.4 cm³/mol. The Kier molecular flexibility index (Phi) is 2.56. The molecule has 0 aliphatic heterocycles. The molecule has 0 aliphatic carbocycles. The molecule has 1 aromatic heterocycles. The van der Waals surface area contributed by atoms with E-state index in [4.69, 9.17) is 0 Å². The molecular weight excluding hydrogens is 204 g/mol. The van der Waals surface area contributed by atoms with Crippen LogP contribution in [0.1, 0.15) is 21.7 Å². The standard InChI is InChI=1S/C12H12N2O2/c1-7-10-5-4-9(12(15)16-3)6-11(10)8(2)14-13-7/h4-6H,1-3H3. The maximum Gasteiger partial charge on any atom is 0.337 e. The van der Waals surface area contributed by atoms with Crippen LogP contribution >= 0.6 is 0 Å². The summed E-state index contributed by atoms with van der Waals surface area (Å²) in [5.74, 6) is -0.337. The number of ether oxygens (including phenoxy) is 1. The molecule has 1 heterocycles. The lowest BCUT2D eigenvalue weighted by atomic mass is 10.1. The Morgan fingerprint density at radius 2 is 1.75 bits per heavy atom. The van der Waals surface area contributed by atoms with Crippen molar-refractivity contribution in [2.24, 2.45) is 0 Å². The number of aryl methyl sites for hydroxylation is 2. The Bertz CT molecular complexity index is 564. The van der Waals surface area contributed by atoms with E-state index in [2.05, 4.69) is 14.9 Å². The SMILES string of the molecule is COC(=O)c1ccc2c(C)nnc(C)c2c1. The van der Waals surface area contributed by atoms with E-state index >= 15 is 0 Å². The van der Waals surface area contributed by atoms with Gasteiger partial charge < -0.3 is 4.74 Å². The van der Waals surface area contributed by atoms with Crippen molar-refractivity contribution in [2.75, 3.05) is 7.11 Å². The van der Waals surface area contributed by atoms with Crippen molar-refractivity contribution in [1.29, 1.82) is 0 Å². The van der Waals surface area contributed by atoms with E-state index in [-0.39, 0.29) is 5.97 Å². The third-order valence-electron chi connectivity index (χ3n) is 2.57. The number of hydrogen-bond donors (Lipinski definition) is 0. The van der Waals surface area contributed by atoms with Gasteiger partial charge in [0.2, 0.25) is 0 Å². The van der Waals surface area contributed by atoms with E-state index in [1.807, 2.05) is 19.9 Å². The van der Waals surface area contributed by atoms with Crippen LogP contribution in [0.3, 0.4) is 0 Å². The van der Waals surface area contributed by atoms with E-state index in [1.165, 1.54) is 7.11 Å². The molecule has 1 aromatic carbocycles. The number of aromatic nitrogens is 2. The summed E-state index contributed by atoms with van der Waals surface area (Å²) in [6.45, 7) is 3.77. The number of fused-ring (bicyclic) bond motifs is 1. The molecule has 4 nitrogen and oxygen atoms in total.